The first-order valence-corrected chi connectivity index (χ1v) is 8.12. The van der Waals surface area contributed by atoms with Crippen LogP contribution in [-0.2, 0) is 9.59 Å². The lowest BCUT2D eigenvalue weighted by molar-refractivity contribution is -0.121. The molecule has 0 atom stereocenters. The van der Waals surface area contributed by atoms with Crippen LogP contribution in [-0.4, -0.2) is 32.6 Å². The maximum Gasteiger partial charge on any atom is 0.247 e. The third kappa shape index (κ3) is 5.30. The Bertz CT molecular complexity index is 603. The molecule has 0 spiro atoms. The molecule has 1 aliphatic carbocycles. The average molecular weight is 332 g/mol. The van der Waals surface area contributed by atoms with Crippen LogP contribution >= 0.6 is 0 Å². The number of ether oxygens (including phenoxy) is 2. The number of nitrogens with one attached hydrogen (secondary N) is 2. The Labute approximate surface area is 142 Å². The number of rotatable bonds is 6. The number of hydrogen-bond donors (Lipinski definition) is 2. The van der Waals surface area contributed by atoms with Crippen LogP contribution in [0.4, 0.5) is 5.69 Å². The molecule has 6 heteroatoms. The van der Waals surface area contributed by atoms with Gasteiger partial charge in [-0.3, -0.25) is 9.59 Å². The molecule has 1 aromatic carbocycles. The SMILES string of the molecule is COc1cc(NC(=O)CNC(=O)C2=CCCCCC2)cc(OC)c1. The maximum absolute atomic E-state index is 12.1. The van der Waals surface area contributed by atoms with Crippen molar-refractivity contribution < 1.29 is 19.1 Å². The summed E-state index contributed by atoms with van der Waals surface area (Å²) in [4.78, 5) is 24.1. The van der Waals surface area contributed by atoms with E-state index in [-0.39, 0.29) is 18.4 Å². The Kier molecular flexibility index (Phi) is 6.66. The lowest BCUT2D eigenvalue weighted by Crippen LogP contribution is -2.33. The number of methoxy groups -OCH3 is 2. The smallest absolute Gasteiger partial charge is 0.247 e. The molecule has 0 aromatic heterocycles. The third-order valence-electron chi connectivity index (χ3n) is 3.88. The first-order chi connectivity index (χ1) is 11.6. The largest absolute Gasteiger partial charge is 0.497 e. The number of benzene rings is 1. The Morgan fingerprint density at radius 3 is 2.42 bits per heavy atom. The number of allylic oxidation sites excluding steroid dienone is 1. The highest BCUT2D eigenvalue weighted by Gasteiger charge is 2.13. The van der Waals surface area contributed by atoms with Crippen molar-refractivity contribution in [1.82, 2.24) is 5.32 Å². The molecule has 24 heavy (non-hydrogen) atoms. The lowest BCUT2D eigenvalue weighted by atomic mass is 10.1. The van der Waals surface area contributed by atoms with Crippen LogP contribution in [0.5, 0.6) is 11.5 Å². The maximum atomic E-state index is 12.1. The fraction of sp³-hybridized carbons (Fsp3) is 0.444. The van der Waals surface area contributed by atoms with Gasteiger partial charge in [0.05, 0.1) is 20.8 Å². The monoisotopic (exact) mass is 332 g/mol. The molecule has 0 fully saturated rings. The van der Waals surface area contributed by atoms with Gasteiger partial charge in [0.1, 0.15) is 11.5 Å². The van der Waals surface area contributed by atoms with Crippen molar-refractivity contribution >= 4 is 17.5 Å². The van der Waals surface area contributed by atoms with Crippen LogP contribution in [0.1, 0.15) is 32.1 Å². The van der Waals surface area contributed by atoms with E-state index in [0.29, 0.717) is 17.2 Å². The summed E-state index contributed by atoms with van der Waals surface area (Å²) in [5.41, 5.74) is 1.34. The second-order valence-corrected chi connectivity index (χ2v) is 5.66. The van der Waals surface area contributed by atoms with Crippen LogP contribution in [0.2, 0.25) is 0 Å². The normalized spacial score (nSPS) is 14.2. The molecular weight excluding hydrogens is 308 g/mol. The summed E-state index contributed by atoms with van der Waals surface area (Å²) in [6.07, 6.45) is 6.97. The number of carbonyl (C=O) groups is 2. The van der Waals surface area contributed by atoms with E-state index in [4.69, 9.17) is 9.47 Å². The summed E-state index contributed by atoms with van der Waals surface area (Å²) in [5.74, 6) is 0.706. The minimum Gasteiger partial charge on any atom is -0.497 e. The molecule has 0 saturated heterocycles. The number of amides is 2. The van der Waals surface area contributed by atoms with Crippen LogP contribution in [0.3, 0.4) is 0 Å². The van der Waals surface area contributed by atoms with Crippen molar-refractivity contribution in [3.05, 3.63) is 29.8 Å². The topological polar surface area (TPSA) is 76.7 Å². The van der Waals surface area contributed by atoms with Gasteiger partial charge in [-0.05, 0) is 25.7 Å². The molecule has 0 aliphatic heterocycles. The predicted octanol–water partition coefficient (Wildman–Crippen LogP) is 2.65. The molecule has 0 heterocycles. The Morgan fingerprint density at radius 1 is 1.04 bits per heavy atom. The van der Waals surface area contributed by atoms with E-state index >= 15 is 0 Å². The van der Waals surface area contributed by atoms with E-state index in [1.54, 1.807) is 32.4 Å². The summed E-state index contributed by atoms with van der Waals surface area (Å²) in [6, 6.07) is 5.10. The third-order valence-corrected chi connectivity index (χ3v) is 3.88. The van der Waals surface area contributed by atoms with Crippen molar-refractivity contribution in [2.45, 2.75) is 32.1 Å². The summed E-state index contributed by atoms with van der Waals surface area (Å²) < 4.78 is 10.3. The molecule has 0 saturated carbocycles. The summed E-state index contributed by atoms with van der Waals surface area (Å²) in [5, 5.41) is 5.40. The lowest BCUT2D eigenvalue weighted by Gasteiger charge is -2.11. The molecule has 2 rings (SSSR count). The van der Waals surface area contributed by atoms with Gasteiger partial charge in [0, 0.05) is 29.5 Å². The van der Waals surface area contributed by atoms with Gasteiger partial charge in [0.15, 0.2) is 0 Å². The van der Waals surface area contributed by atoms with E-state index in [9.17, 15) is 9.59 Å². The van der Waals surface area contributed by atoms with Gasteiger partial charge in [-0.1, -0.05) is 12.5 Å². The molecule has 1 aromatic rings. The predicted molar refractivity (Wildman–Crippen MR) is 92.4 cm³/mol. The van der Waals surface area contributed by atoms with Gasteiger partial charge in [0.2, 0.25) is 11.8 Å². The van der Waals surface area contributed by atoms with E-state index in [0.717, 1.165) is 37.7 Å². The number of anilines is 1. The minimum atomic E-state index is -0.298. The van der Waals surface area contributed by atoms with Crippen LogP contribution in [0.25, 0.3) is 0 Å². The fourth-order valence-electron chi connectivity index (χ4n) is 2.58. The van der Waals surface area contributed by atoms with Crippen molar-refractivity contribution in [1.29, 1.82) is 0 Å². The van der Waals surface area contributed by atoms with Crippen molar-refractivity contribution in [3.63, 3.8) is 0 Å². The first-order valence-electron chi connectivity index (χ1n) is 8.12. The quantitative estimate of drug-likeness (QED) is 0.839. The Balaban J connectivity index is 1.89. The van der Waals surface area contributed by atoms with Gasteiger partial charge >= 0.3 is 0 Å². The van der Waals surface area contributed by atoms with Crippen LogP contribution in [0, 0.1) is 0 Å². The van der Waals surface area contributed by atoms with E-state index in [2.05, 4.69) is 10.6 Å². The van der Waals surface area contributed by atoms with E-state index < -0.39 is 0 Å². The van der Waals surface area contributed by atoms with Crippen molar-refractivity contribution in [2.24, 2.45) is 0 Å². The summed E-state index contributed by atoms with van der Waals surface area (Å²) in [6.45, 7) is -0.0737. The van der Waals surface area contributed by atoms with Gasteiger partial charge in [-0.25, -0.2) is 0 Å². The summed E-state index contributed by atoms with van der Waals surface area (Å²) >= 11 is 0. The molecule has 1 aliphatic rings. The minimum absolute atomic E-state index is 0.0737. The second-order valence-electron chi connectivity index (χ2n) is 5.66. The first kappa shape index (κ1) is 17.8. The van der Waals surface area contributed by atoms with Gasteiger partial charge in [0.25, 0.3) is 0 Å². The fourth-order valence-corrected chi connectivity index (χ4v) is 2.58. The van der Waals surface area contributed by atoms with Gasteiger partial charge in [-0.15, -0.1) is 0 Å². The summed E-state index contributed by atoms with van der Waals surface area (Å²) in [7, 11) is 3.09. The molecule has 2 amide bonds. The highest BCUT2D eigenvalue weighted by Crippen LogP contribution is 2.25. The van der Waals surface area contributed by atoms with Crippen LogP contribution in [0.15, 0.2) is 29.8 Å². The zero-order chi connectivity index (χ0) is 17.4. The van der Waals surface area contributed by atoms with E-state index in [1.807, 2.05) is 6.08 Å². The average Bonchev–Trinajstić information content (AvgIpc) is 2.88. The zero-order valence-corrected chi connectivity index (χ0v) is 14.2. The van der Waals surface area contributed by atoms with Crippen molar-refractivity contribution in [3.8, 4) is 11.5 Å². The van der Waals surface area contributed by atoms with Gasteiger partial charge in [-0.2, -0.15) is 0 Å². The molecule has 130 valence electrons. The van der Waals surface area contributed by atoms with Crippen LogP contribution < -0.4 is 20.1 Å². The number of hydrogen-bond acceptors (Lipinski definition) is 4. The second kappa shape index (κ2) is 8.96. The van der Waals surface area contributed by atoms with Gasteiger partial charge < -0.3 is 20.1 Å². The van der Waals surface area contributed by atoms with Crippen molar-refractivity contribution in [2.75, 3.05) is 26.1 Å². The Morgan fingerprint density at radius 2 is 1.75 bits per heavy atom. The molecular formula is C18H24N2O4. The highest BCUT2D eigenvalue weighted by atomic mass is 16.5. The number of carbonyl (C=O) groups excluding carboxylic acids is 2. The standard InChI is InChI=1S/C18H24N2O4/c1-23-15-9-14(10-16(11-15)24-2)20-17(21)12-19-18(22)13-7-5-3-4-6-8-13/h7,9-11H,3-6,8,12H2,1-2H3,(H,19,22)(H,20,21). The molecule has 6 nitrogen and oxygen atoms in total. The zero-order valence-electron chi connectivity index (χ0n) is 14.2. The van der Waals surface area contributed by atoms with E-state index in [1.165, 1.54) is 0 Å². The molecule has 0 radical (unpaired) electrons. The Hall–Kier alpha value is -2.50. The molecule has 0 unspecified atom stereocenters. The molecule has 2 N–H and O–H groups in total. The highest BCUT2D eigenvalue weighted by molar-refractivity contribution is 5.99. The molecule has 0 bridgehead atoms.